The van der Waals surface area contributed by atoms with E-state index in [4.69, 9.17) is 0 Å². The van der Waals surface area contributed by atoms with Crippen molar-refractivity contribution in [1.29, 1.82) is 0 Å². The summed E-state index contributed by atoms with van der Waals surface area (Å²) in [7, 11) is 0. The molecule has 4 saturated carbocycles. The van der Waals surface area contributed by atoms with Crippen molar-refractivity contribution in [3.8, 4) is 0 Å². The van der Waals surface area contributed by atoms with Gasteiger partial charge in [-0.15, -0.1) is 0 Å². The van der Waals surface area contributed by atoms with E-state index in [0.29, 0.717) is 6.04 Å². The molecule has 5 fully saturated rings. The molecular weight excluding hydrogens is 334 g/mol. The Morgan fingerprint density at radius 1 is 1.00 bits per heavy atom. The second-order valence-corrected chi connectivity index (χ2v) is 10.0. The van der Waals surface area contributed by atoms with Crippen LogP contribution in [0.15, 0.2) is 24.3 Å². The Kier molecular flexibility index (Phi) is 3.63. The number of fused-ring (bicyclic) bond motifs is 2. The monoisotopic (exact) mass is 365 g/mol. The van der Waals surface area contributed by atoms with Crippen LogP contribution in [0.3, 0.4) is 0 Å². The molecule has 0 aromatic heterocycles. The minimum absolute atomic E-state index is 0.156. The van der Waals surface area contributed by atoms with E-state index in [2.05, 4.69) is 39.8 Å². The highest BCUT2D eigenvalue weighted by molar-refractivity contribution is 5.95. The largest absolute Gasteiger partial charge is 0.334 e. The molecule has 0 unspecified atom stereocenters. The van der Waals surface area contributed by atoms with E-state index in [1.807, 2.05) is 0 Å². The summed E-state index contributed by atoms with van der Waals surface area (Å²) < 4.78 is 0. The van der Waals surface area contributed by atoms with E-state index in [9.17, 15) is 4.79 Å². The van der Waals surface area contributed by atoms with Crippen molar-refractivity contribution in [1.82, 2.24) is 10.6 Å². The number of hydrogen-bond donors (Lipinski definition) is 2. The molecule has 6 aliphatic rings. The van der Waals surface area contributed by atoms with Crippen molar-refractivity contribution in [2.45, 2.75) is 56.4 Å². The zero-order valence-corrected chi connectivity index (χ0v) is 16.1. The molecule has 1 aromatic rings. The molecule has 1 saturated heterocycles. The van der Waals surface area contributed by atoms with Gasteiger partial charge in [0.05, 0.1) is 0 Å². The van der Waals surface area contributed by atoms with Gasteiger partial charge in [0.2, 0.25) is 0 Å². The first-order valence-electron chi connectivity index (χ1n) is 11.1. The standard InChI is InChI=1S/C23H31N3O/c27-22(25-21-17-10-15-9-16(12-17)13-18(21)11-15)26-14-23(5-7-24-8-6-23)19-3-1-2-4-20(19)26/h1-4,15-18,21,24H,5-14H2,(H,25,27). The number of benzene rings is 1. The third-order valence-electron chi connectivity index (χ3n) is 8.55. The maximum Gasteiger partial charge on any atom is 0.322 e. The van der Waals surface area contributed by atoms with Crippen LogP contribution < -0.4 is 15.5 Å². The molecule has 0 radical (unpaired) electrons. The summed E-state index contributed by atoms with van der Waals surface area (Å²) >= 11 is 0. The summed E-state index contributed by atoms with van der Waals surface area (Å²) in [6.45, 7) is 2.96. The summed E-state index contributed by atoms with van der Waals surface area (Å²) in [6, 6.07) is 9.22. The number of anilines is 1. The van der Waals surface area contributed by atoms with Crippen LogP contribution in [0.1, 0.15) is 50.5 Å². The molecular formula is C23H31N3O. The Morgan fingerprint density at radius 3 is 2.37 bits per heavy atom. The molecule has 2 heterocycles. The molecule has 1 aromatic carbocycles. The molecule has 0 atom stereocenters. The van der Waals surface area contributed by atoms with E-state index in [-0.39, 0.29) is 11.4 Å². The van der Waals surface area contributed by atoms with Gasteiger partial charge in [-0.05, 0) is 93.3 Å². The minimum Gasteiger partial charge on any atom is -0.334 e. The number of amides is 2. The molecule has 4 nitrogen and oxygen atoms in total. The first-order valence-corrected chi connectivity index (χ1v) is 11.1. The second-order valence-electron chi connectivity index (χ2n) is 10.0. The highest BCUT2D eigenvalue weighted by Crippen LogP contribution is 2.54. The fourth-order valence-corrected chi connectivity index (χ4v) is 7.53. The van der Waals surface area contributed by atoms with Crippen molar-refractivity contribution in [2.24, 2.45) is 23.7 Å². The Hall–Kier alpha value is -1.55. The summed E-state index contributed by atoms with van der Waals surface area (Å²) in [5.74, 6) is 3.36. The van der Waals surface area contributed by atoms with Gasteiger partial charge in [0, 0.05) is 23.7 Å². The number of piperidine rings is 1. The number of carbonyl (C=O) groups is 1. The topological polar surface area (TPSA) is 44.4 Å². The average Bonchev–Trinajstić information content (AvgIpc) is 2.99. The van der Waals surface area contributed by atoms with E-state index in [0.717, 1.165) is 61.8 Å². The molecule has 2 amide bonds. The zero-order valence-electron chi connectivity index (χ0n) is 16.1. The Balaban J connectivity index is 1.25. The maximum absolute atomic E-state index is 13.4. The number of nitrogens with zero attached hydrogens (tertiary/aromatic N) is 1. The predicted octanol–water partition coefficient (Wildman–Crippen LogP) is 3.66. The van der Waals surface area contributed by atoms with E-state index < -0.39 is 0 Å². The first-order chi connectivity index (χ1) is 13.2. The predicted molar refractivity (Wildman–Crippen MR) is 107 cm³/mol. The van der Waals surface area contributed by atoms with Crippen LogP contribution in [0, 0.1) is 23.7 Å². The number of para-hydroxylation sites is 1. The van der Waals surface area contributed by atoms with Crippen molar-refractivity contribution >= 4 is 11.7 Å². The molecule has 144 valence electrons. The Bertz CT molecular complexity index is 726. The fourth-order valence-electron chi connectivity index (χ4n) is 7.53. The Labute approximate surface area is 162 Å². The smallest absolute Gasteiger partial charge is 0.322 e. The van der Waals surface area contributed by atoms with Crippen LogP contribution in [0.2, 0.25) is 0 Å². The fraction of sp³-hybridized carbons (Fsp3) is 0.696. The van der Waals surface area contributed by atoms with Gasteiger partial charge in [-0.3, -0.25) is 4.90 Å². The van der Waals surface area contributed by atoms with Gasteiger partial charge in [-0.1, -0.05) is 18.2 Å². The zero-order chi connectivity index (χ0) is 18.0. The van der Waals surface area contributed by atoms with Crippen LogP contribution >= 0.6 is 0 Å². The van der Waals surface area contributed by atoms with Gasteiger partial charge in [-0.2, -0.15) is 0 Å². The van der Waals surface area contributed by atoms with E-state index in [1.165, 1.54) is 37.7 Å². The highest BCUT2D eigenvalue weighted by atomic mass is 16.2. The van der Waals surface area contributed by atoms with Crippen molar-refractivity contribution in [3.63, 3.8) is 0 Å². The van der Waals surface area contributed by atoms with E-state index in [1.54, 1.807) is 0 Å². The van der Waals surface area contributed by atoms with Crippen molar-refractivity contribution in [2.75, 3.05) is 24.5 Å². The lowest BCUT2D eigenvalue weighted by molar-refractivity contribution is -0.00912. The third-order valence-corrected chi connectivity index (χ3v) is 8.55. The maximum atomic E-state index is 13.4. The Morgan fingerprint density at radius 2 is 1.67 bits per heavy atom. The van der Waals surface area contributed by atoms with Gasteiger partial charge >= 0.3 is 6.03 Å². The van der Waals surface area contributed by atoms with E-state index >= 15 is 0 Å². The lowest BCUT2D eigenvalue weighted by Gasteiger charge is -2.54. The summed E-state index contributed by atoms with van der Waals surface area (Å²) in [6.07, 6.45) is 9.13. The van der Waals surface area contributed by atoms with Crippen LogP contribution in [-0.2, 0) is 5.41 Å². The average molecular weight is 366 g/mol. The molecule has 4 bridgehead atoms. The molecule has 27 heavy (non-hydrogen) atoms. The molecule has 4 heteroatoms. The molecule has 7 rings (SSSR count). The van der Waals surface area contributed by atoms with Crippen LogP contribution in [-0.4, -0.2) is 31.7 Å². The molecule has 2 N–H and O–H groups in total. The van der Waals surface area contributed by atoms with Crippen molar-refractivity contribution < 1.29 is 4.79 Å². The normalized spacial score (nSPS) is 38.2. The molecule has 1 spiro atoms. The second kappa shape index (κ2) is 5.97. The van der Waals surface area contributed by atoms with Gasteiger partial charge in [0.1, 0.15) is 0 Å². The number of hydrogen-bond acceptors (Lipinski definition) is 2. The lowest BCUT2D eigenvalue weighted by atomic mass is 9.54. The summed E-state index contributed by atoms with van der Waals surface area (Å²) in [4.78, 5) is 15.5. The number of nitrogens with one attached hydrogen (secondary N) is 2. The number of carbonyl (C=O) groups excluding carboxylic acids is 1. The first kappa shape index (κ1) is 16.4. The highest BCUT2D eigenvalue weighted by Gasteiger charge is 2.50. The van der Waals surface area contributed by atoms with Gasteiger partial charge in [0.25, 0.3) is 0 Å². The summed E-state index contributed by atoms with van der Waals surface area (Å²) in [5.41, 5.74) is 2.70. The van der Waals surface area contributed by atoms with Crippen LogP contribution in [0.25, 0.3) is 0 Å². The summed E-state index contributed by atoms with van der Waals surface area (Å²) in [5, 5.41) is 7.03. The van der Waals surface area contributed by atoms with Crippen LogP contribution in [0.5, 0.6) is 0 Å². The lowest BCUT2D eigenvalue weighted by Crippen LogP contribution is -2.58. The van der Waals surface area contributed by atoms with Gasteiger partial charge in [-0.25, -0.2) is 4.79 Å². The minimum atomic E-state index is 0.156. The third kappa shape index (κ3) is 2.48. The number of rotatable bonds is 1. The van der Waals surface area contributed by atoms with Crippen molar-refractivity contribution in [3.05, 3.63) is 29.8 Å². The number of urea groups is 1. The molecule has 4 aliphatic carbocycles. The van der Waals surface area contributed by atoms with Crippen LogP contribution in [0.4, 0.5) is 10.5 Å². The quantitative estimate of drug-likeness (QED) is 0.798. The van der Waals surface area contributed by atoms with Gasteiger partial charge < -0.3 is 10.6 Å². The van der Waals surface area contributed by atoms with Gasteiger partial charge in [0.15, 0.2) is 0 Å². The molecule has 2 aliphatic heterocycles. The SMILES string of the molecule is O=C(NC1C2CC3CC(C2)CC1C3)N1CC2(CCNCC2)c2ccccc21.